The number of halogens is 5. The molecule has 0 radical (unpaired) electrons. The highest BCUT2D eigenvalue weighted by Gasteiger charge is 2.25. The van der Waals surface area contributed by atoms with Crippen LogP contribution < -0.4 is 14.8 Å². The fraction of sp³-hybridized carbons (Fsp3) is 0.206. The number of carbonyl (C=O) groups is 2. The molecule has 0 aliphatic carbocycles. The number of aryl methyl sites for hydroxylation is 1. The largest absolute Gasteiger partial charge is 0.439 e. The normalized spacial score (nSPS) is 13.3. The van der Waals surface area contributed by atoms with Crippen LogP contribution in [0.3, 0.4) is 0 Å². The lowest BCUT2D eigenvalue weighted by Gasteiger charge is -2.34. The number of amides is 2. The van der Waals surface area contributed by atoms with Gasteiger partial charge in [0.25, 0.3) is 11.8 Å². The monoisotopic (exact) mass is 759 g/mol. The van der Waals surface area contributed by atoms with Crippen molar-refractivity contribution in [1.29, 1.82) is 0 Å². The molecule has 3 heterocycles. The summed E-state index contributed by atoms with van der Waals surface area (Å²) in [6.45, 7) is 0.310. The third-order valence-electron chi connectivity index (χ3n) is 7.85. The molecule has 2 aromatic heterocycles. The molecule has 3 aromatic carbocycles. The summed E-state index contributed by atoms with van der Waals surface area (Å²) in [5.41, 5.74) is 3.22. The van der Waals surface area contributed by atoms with Crippen LogP contribution in [0, 0.1) is 0 Å². The number of pyridine rings is 1. The summed E-state index contributed by atoms with van der Waals surface area (Å²) in [7, 11) is 1.85. The molecule has 2 amide bonds. The van der Waals surface area contributed by atoms with Gasteiger partial charge in [0.1, 0.15) is 17.2 Å². The van der Waals surface area contributed by atoms with Gasteiger partial charge < -0.3 is 24.3 Å². The third kappa shape index (κ3) is 8.24. The van der Waals surface area contributed by atoms with Gasteiger partial charge in [0.2, 0.25) is 5.88 Å². The van der Waals surface area contributed by atoms with E-state index < -0.39 is 6.61 Å². The summed E-state index contributed by atoms with van der Waals surface area (Å²) in [5.74, 6) is 0.592. The van der Waals surface area contributed by atoms with Gasteiger partial charge in [0.15, 0.2) is 0 Å². The van der Waals surface area contributed by atoms with Crippen LogP contribution >= 0.6 is 40.2 Å². The Bertz CT molecular complexity index is 1920. The molecule has 1 aliphatic rings. The van der Waals surface area contributed by atoms with E-state index in [9.17, 15) is 18.4 Å². The second kappa shape index (κ2) is 15.3. The standard InChI is InChI=1S/C34H29Cl2F2N5O4.BrH/c1-41-29-18-26(46-31-11-6-24(19-39-31)40-32(44)23-5-10-27(35)28(36)16-23)9-4-22(29)17-30(41)33(45)43-14-12-42(13-15-43)20-21-2-7-25(8-3-21)47-34(37)38;/h2-11,16-19,34H,12-15,20H2,1H3,(H,40,44);1H. The number of aromatic nitrogens is 2. The molecule has 14 heteroatoms. The predicted octanol–water partition coefficient (Wildman–Crippen LogP) is 8.06. The van der Waals surface area contributed by atoms with E-state index in [0.29, 0.717) is 66.3 Å². The van der Waals surface area contributed by atoms with Crippen LogP contribution in [0.5, 0.6) is 17.4 Å². The van der Waals surface area contributed by atoms with Gasteiger partial charge >= 0.3 is 6.61 Å². The minimum absolute atomic E-state index is 0. The highest BCUT2D eigenvalue weighted by atomic mass is 79.9. The first-order valence-electron chi connectivity index (χ1n) is 14.7. The van der Waals surface area contributed by atoms with Crippen molar-refractivity contribution in [3.05, 3.63) is 112 Å². The quantitative estimate of drug-likeness (QED) is 0.164. The Morgan fingerprint density at radius 2 is 1.62 bits per heavy atom. The van der Waals surface area contributed by atoms with Gasteiger partial charge in [-0.3, -0.25) is 14.5 Å². The van der Waals surface area contributed by atoms with E-state index in [2.05, 4.69) is 19.9 Å². The van der Waals surface area contributed by atoms with Gasteiger partial charge in [0.05, 0.1) is 27.4 Å². The molecule has 0 spiro atoms. The van der Waals surface area contributed by atoms with E-state index in [1.165, 1.54) is 24.4 Å². The molecule has 1 saturated heterocycles. The lowest BCUT2D eigenvalue weighted by atomic mass is 10.2. The molecule has 0 atom stereocenters. The Kier molecular flexibility index (Phi) is 11.2. The Labute approximate surface area is 295 Å². The number of nitrogens with zero attached hydrogens (tertiary/aromatic N) is 4. The lowest BCUT2D eigenvalue weighted by molar-refractivity contribution is -0.0498. The molecule has 6 rings (SSSR count). The highest BCUT2D eigenvalue weighted by molar-refractivity contribution is 8.93. The number of piperazine rings is 1. The van der Waals surface area contributed by atoms with Crippen molar-refractivity contribution in [2.24, 2.45) is 7.05 Å². The Balaban J connectivity index is 0.00000451. The maximum absolute atomic E-state index is 13.5. The summed E-state index contributed by atoms with van der Waals surface area (Å²) in [6, 6.07) is 22.0. The molecule has 48 heavy (non-hydrogen) atoms. The van der Waals surface area contributed by atoms with Crippen molar-refractivity contribution in [1.82, 2.24) is 19.4 Å². The van der Waals surface area contributed by atoms with Crippen LogP contribution in [0.15, 0.2) is 85.1 Å². The molecule has 0 saturated carbocycles. The predicted molar refractivity (Wildman–Crippen MR) is 186 cm³/mol. The van der Waals surface area contributed by atoms with Crippen LogP contribution in [0.1, 0.15) is 26.4 Å². The zero-order valence-corrected chi connectivity index (χ0v) is 28.8. The molecule has 0 unspecified atom stereocenters. The maximum Gasteiger partial charge on any atom is 0.387 e. The van der Waals surface area contributed by atoms with Crippen molar-refractivity contribution in [3.8, 4) is 17.4 Å². The molecular formula is C34H30BrCl2F2N5O4. The molecule has 1 fully saturated rings. The van der Waals surface area contributed by atoms with E-state index in [1.54, 1.807) is 36.4 Å². The van der Waals surface area contributed by atoms with Gasteiger partial charge in [-0.25, -0.2) is 4.98 Å². The van der Waals surface area contributed by atoms with Crippen LogP contribution in [0.25, 0.3) is 10.9 Å². The molecular weight excluding hydrogens is 731 g/mol. The van der Waals surface area contributed by atoms with Crippen molar-refractivity contribution in [2.45, 2.75) is 13.2 Å². The maximum atomic E-state index is 13.5. The SMILES string of the molecule is Br.Cn1c(C(=O)N2CCN(Cc3ccc(OC(F)F)cc3)CC2)cc2ccc(Oc3ccc(NC(=O)c4ccc(Cl)c(Cl)c4)cn3)cc21. The number of nitrogens with one attached hydrogen (secondary N) is 1. The molecule has 1 aliphatic heterocycles. The van der Waals surface area contributed by atoms with Gasteiger partial charge in [-0.2, -0.15) is 8.78 Å². The van der Waals surface area contributed by atoms with Crippen molar-refractivity contribution in [2.75, 3.05) is 31.5 Å². The number of ether oxygens (including phenoxy) is 2. The molecule has 0 bridgehead atoms. The van der Waals surface area contributed by atoms with Crippen LogP contribution in [0.2, 0.25) is 10.0 Å². The van der Waals surface area contributed by atoms with Crippen LogP contribution in [0.4, 0.5) is 14.5 Å². The first kappa shape index (κ1) is 35.1. The van der Waals surface area contributed by atoms with E-state index in [-0.39, 0.29) is 39.6 Å². The van der Waals surface area contributed by atoms with E-state index in [1.807, 2.05) is 40.8 Å². The number of benzene rings is 3. The van der Waals surface area contributed by atoms with Crippen molar-refractivity contribution in [3.63, 3.8) is 0 Å². The topological polar surface area (TPSA) is 88.9 Å². The van der Waals surface area contributed by atoms with Gasteiger partial charge in [-0.05, 0) is 60.2 Å². The van der Waals surface area contributed by atoms with E-state index in [4.69, 9.17) is 27.9 Å². The van der Waals surface area contributed by atoms with Crippen LogP contribution in [-0.4, -0.2) is 64.0 Å². The smallest absolute Gasteiger partial charge is 0.387 e. The lowest BCUT2D eigenvalue weighted by Crippen LogP contribution is -2.48. The van der Waals surface area contributed by atoms with E-state index >= 15 is 0 Å². The van der Waals surface area contributed by atoms with Gasteiger partial charge in [-0.1, -0.05) is 35.3 Å². The summed E-state index contributed by atoms with van der Waals surface area (Å²) in [4.78, 5) is 34.4. The number of hydrogen-bond acceptors (Lipinski definition) is 6. The van der Waals surface area contributed by atoms with Crippen molar-refractivity contribution >= 4 is 68.6 Å². The second-order valence-electron chi connectivity index (χ2n) is 11.0. The first-order valence-corrected chi connectivity index (χ1v) is 15.4. The number of carbonyl (C=O) groups excluding carboxylic acids is 2. The third-order valence-corrected chi connectivity index (χ3v) is 8.59. The first-order chi connectivity index (χ1) is 22.6. The van der Waals surface area contributed by atoms with Crippen LogP contribution in [-0.2, 0) is 13.6 Å². The van der Waals surface area contributed by atoms with E-state index in [0.717, 1.165) is 16.5 Å². The summed E-state index contributed by atoms with van der Waals surface area (Å²) >= 11 is 11.9. The Morgan fingerprint density at radius 3 is 2.29 bits per heavy atom. The number of anilines is 1. The minimum Gasteiger partial charge on any atom is -0.439 e. The highest BCUT2D eigenvalue weighted by Crippen LogP contribution is 2.29. The number of hydrogen-bond donors (Lipinski definition) is 1. The Morgan fingerprint density at radius 1 is 0.896 bits per heavy atom. The Hall–Kier alpha value is -4.23. The average molecular weight is 761 g/mol. The fourth-order valence-electron chi connectivity index (χ4n) is 5.36. The zero-order chi connectivity index (χ0) is 33.1. The van der Waals surface area contributed by atoms with Crippen molar-refractivity contribution < 1.29 is 27.8 Å². The second-order valence-corrected chi connectivity index (χ2v) is 11.8. The minimum atomic E-state index is -2.85. The molecule has 5 aromatic rings. The zero-order valence-electron chi connectivity index (χ0n) is 25.5. The average Bonchev–Trinajstić information content (AvgIpc) is 3.39. The number of rotatable bonds is 9. The molecule has 9 nitrogen and oxygen atoms in total. The number of fused-ring (bicyclic) bond motifs is 1. The summed E-state index contributed by atoms with van der Waals surface area (Å²) in [5, 5.41) is 4.31. The fourth-order valence-corrected chi connectivity index (χ4v) is 5.66. The van der Waals surface area contributed by atoms with Gasteiger partial charge in [-0.15, -0.1) is 17.0 Å². The summed E-state index contributed by atoms with van der Waals surface area (Å²) < 4.78 is 37.1. The summed E-state index contributed by atoms with van der Waals surface area (Å²) in [6.07, 6.45) is 1.49. The molecule has 1 N–H and O–H groups in total. The number of alkyl halides is 2. The molecule has 250 valence electrons. The van der Waals surface area contributed by atoms with Gasteiger partial charge in [0, 0.05) is 62.9 Å².